The first-order chi connectivity index (χ1) is 16.0. The van der Waals surface area contributed by atoms with Gasteiger partial charge in [0.05, 0.1) is 11.3 Å². The lowest BCUT2D eigenvalue weighted by molar-refractivity contribution is -0.120. The molecule has 0 aliphatic carbocycles. The first kappa shape index (κ1) is 21.3. The summed E-state index contributed by atoms with van der Waals surface area (Å²) in [6.07, 6.45) is 0. The van der Waals surface area contributed by atoms with Gasteiger partial charge in [0, 0.05) is 56.5 Å². The molecule has 0 radical (unpaired) electrons. The fraction of sp³-hybridized carbons (Fsp3) is 0.231. The molecule has 168 valence electrons. The second-order valence-corrected chi connectivity index (χ2v) is 9.32. The van der Waals surface area contributed by atoms with Crippen molar-refractivity contribution in [1.82, 2.24) is 4.90 Å². The predicted molar refractivity (Wildman–Crippen MR) is 135 cm³/mol. The van der Waals surface area contributed by atoms with Crippen LogP contribution >= 0.6 is 11.3 Å². The summed E-state index contributed by atoms with van der Waals surface area (Å²) in [6, 6.07) is 21.7. The van der Waals surface area contributed by atoms with Gasteiger partial charge in [0.25, 0.3) is 11.8 Å². The zero-order chi connectivity index (χ0) is 22.9. The molecular weight excluding hydrogens is 432 g/mol. The van der Waals surface area contributed by atoms with Crippen LogP contribution in [0.25, 0.3) is 5.57 Å². The number of hydrogen-bond acceptors (Lipinski definition) is 6. The van der Waals surface area contributed by atoms with Gasteiger partial charge in [-0.3, -0.25) is 9.59 Å². The third-order valence-corrected chi connectivity index (χ3v) is 7.04. The highest BCUT2D eigenvalue weighted by atomic mass is 32.1. The summed E-state index contributed by atoms with van der Waals surface area (Å²) in [5.74, 6) is -0.494. The standard InChI is InChI=1S/C26H26N4O2S/c1-27(2)20-10-6-11-21(18-20)30-25(31)23(22-12-7-17-33-22)24(26(30)32)29-15-13-28(14-16-29)19-8-4-3-5-9-19/h3-12,17-18H,13-16H2,1-2H3. The third-order valence-electron chi connectivity index (χ3n) is 6.15. The summed E-state index contributed by atoms with van der Waals surface area (Å²) in [7, 11) is 3.89. The average molecular weight is 459 g/mol. The summed E-state index contributed by atoms with van der Waals surface area (Å²) >= 11 is 1.49. The van der Waals surface area contributed by atoms with E-state index >= 15 is 0 Å². The van der Waals surface area contributed by atoms with E-state index in [0.717, 1.165) is 23.7 Å². The second kappa shape index (κ2) is 8.75. The Labute approximate surface area is 197 Å². The van der Waals surface area contributed by atoms with Gasteiger partial charge >= 0.3 is 0 Å². The number of para-hydroxylation sites is 1. The molecule has 6 nitrogen and oxygen atoms in total. The summed E-state index contributed by atoms with van der Waals surface area (Å²) in [5, 5.41) is 1.94. The van der Waals surface area contributed by atoms with Crippen LogP contribution in [0.3, 0.4) is 0 Å². The molecule has 2 aliphatic heterocycles. The van der Waals surface area contributed by atoms with Crippen LogP contribution in [0.1, 0.15) is 4.88 Å². The average Bonchev–Trinajstić information content (AvgIpc) is 3.46. The molecule has 7 heteroatoms. The third kappa shape index (κ3) is 3.89. The highest BCUT2D eigenvalue weighted by Crippen LogP contribution is 2.37. The molecule has 0 atom stereocenters. The molecule has 0 saturated carbocycles. The SMILES string of the molecule is CN(C)c1cccc(N2C(=O)C(c3cccs3)=C(N3CCN(c4ccccc4)CC3)C2=O)c1. The van der Waals surface area contributed by atoms with Crippen molar-refractivity contribution in [3.05, 3.63) is 82.7 Å². The van der Waals surface area contributed by atoms with Gasteiger partial charge in [0.15, 0.2) is 0 Å². The second-order valence-electron chi connectivity index (χ2n) is 8.37. The number of carbonyl (C=O) groups excluding carboxylic acids is 2. The molecule has 2 aliphatic rings. The normalized spacial score (nSPS) is 16.7. The molecule has 0 N–H and O–H groups in total. The van der Waals surface area contributed by atoms with E-state index in [-0.39, 0.29) is 11.8 Å². The minimum Gasteiger partial charge on any atom is -0.378 e. The van der Waals surface area contributed by atoms with Gasteiger partial charge in [-0.1, -0.05) is 30.3 Å². The van der Waals surface area contributed by atoms with Crippen LogP contribution in [-0.2, 0) is 9.59 Å². The summed E-state index contributed by atoms with van der Waals surface area (Å²) in [4.78, 5) is 35.9. The summed E-state index contributed by atoms with van der Waals surface area (Å²) < 4.78 is 0. The van der Waals surface area contributed by atoms with Gasteiger partial charge in [0.2, 0.25) is 0 Å². The van der Waals surface area contributed by atoms with E-state index in [1.54, 1.807) is 0 Å². The van der Waals surface area contributed by atoms with E-state index in [4.69, 9.17) is 0 Å². The number of nitrogens with zero attached hydrogens (tertiary/aromatic N) is 4. The number of thiophene rings is 1. The topological polar surface area (TPSA) is 47.1 Å². The van der Waals surface area contributed by atoms with Crippen molar-refractivity contribution in [2.45, 2.75) is 0 Å². The van der Waals surface area contributed by atoms with Crippen molar-refractivity contribution in [3.8, 4) is 0 Å². The fourth-order valence-electron chi connectivity index (χ4n) is 4.43. The van der Waals surface area contributed by atoms with Crippen LogP contribution in [0.15, 0.2) is 77.8 Å². The lowest BCUT2D eigenvalue weighted by Gasteiger charge is -2.37. The van der Waals surface area contributed by atoms with Crippen molar-refractivity contribution in [2.75, 3.05) is 55.0 Å². The Bertz CT molecular complexity index is 1200. The zero-order valence-corrected chi connectivity index (χ0v) is 19.6. The van der Waals surface area contributed by atoms with Gasteiger partial charge in [0.1, 0.15) is 5.70 Å². The molecule has 1 fully saturated rings. The van der Waals surface area contributed by atoms with Gasteiger partial charge in [-0.25, -0.2) is 4.90 Å². The number of hydrogen-bond donors (Lipinski definition) is 0. The molecular formula is C26H26N4O2S. The molecule has 3 aromatic rings. The summed E-state index contributed by atoms with van der Waals surface area (Å²) in [6.45, 7) is 2.96. The zero-order valence-electron chi connectivity index (χ0n) is 18.8. The quantitative estimate of drug-likeness (QED) is 0.543. The number of imide groups is 1. The highest BCUT2D eigenvalue weighted by Gasteiger charge is 2.43. The Kier molecular flexibility index (Phi) is 5.64. The molecule has 0 unspecified atom stereocenters. The molecule has 0 spiro atoms. The van der Waals surface area contributed by atoms with Crippen LogP contribution in [0.4, 0.5) is 17.1 Å². The molecule has 5 rings (SSSR count). The van der Waals surface area contributed by atoms with Crippen LogP contribution in [0, 0.1) is 0 Å². The number of amides is 2. The maximum Gasteiger partial charge on any atom is 0.282 e. The van der Waals surface area contributed by atoms with Crippen molar-refractivity contribution in [1.29, 1.82) is 0 Å². The largest absolute Gasteiger partial charge is 0.378 e. The van der Waals surface area contributed by atoms with E-state index in [0.29, 0.717) is 30.0 Å². The van der Waals surface area contributed by atoms with Gasteiger partial charge in [-0.2, -0.15) is 0 Å². The van der Waals surface area contributed by atoms with Gasteiger partial charge < -0.3 is 14.7 Å². The van der Waals surface area contributed by atoms with Crippen LogP contribution in [-0.4, -0.2) is 57.0 Å². The van der Waals surface area contributed by atoms with Crippen LogP contribution in [0.2, 0.25) is 0 Å². The van der Waals surface area contributed by atoms with E-state index in [2.05, 4.69) is 21.9 Å². The summed E-state index contributed by atoms with van der Waals surface area (Å²) in [5.41, 5.74) is 3.75. The number of rotatable bonds is 5. The van der Waals surface area contributed by atoms with E-state index in [9.17, 15) is 9.59 Å². The Hall–Kier alpha value is -3.58. The van der Waals surface area contributed by atoms with Crippen molar-refractivity contribution < 1.29 is 9.59 Å². The van der Waals surface area contributed by atoms with Crippen molar-refractivity contribution in [2.24, 2.45) is 0 Å². The smallest absolute Gasteiger partial charge is 0.282 e. The molecule has 33 heavy (non-hydrogen) atoms. The monoisotopic (exact) mass is 458 g/mol. The van der Waals surface area contributed by atoms with E-state index in [1.165, 1.54) is 21.9 Å². The predicted octanol–water partition coefficient (Wildman–Crippen LogP) is 3.92. The van der Waals surface area contributed by atoms with Crippen LogP contribution in [0.5, 0.6) is 0 Å². The van der Waals surface area contributed by atoms with Crippen molar-refractivity contribution in [3.63, 3.8) is 0 Å². The lowest BCUT2D eigenvalue weighted by atomic mass is 10.1. The minimum atomic E-state index is -0.251. The van der Waals surface area contributed by atoms with Gasteiger partial charge in [-0.15, -0.1) is 11.3 Å². The van der Waals surface area contributed by atoms with E-state index < -0.39 is 0 Å². The maximum absolute atomic E-state index is 13.7. The molecule has 1 saturated heterocycles. The molecule has 1 aromatic heterocycles. The molecule has 3 heterocycles. The van der Waals surface area contributed by atoms with Gasteiger partial charge in [-0.05, 0) is 41.8 Å². The van der Waals surface area contributed by atoms with Crippen LogP contribution < -0.4 is 14.7 Å². The Balaban J connectivity index is 1.47. The molecule has 0 bridgehead atoms. The molecule has 2 amide bonds. The Morgan fingerprint density at radius 2 is 1.45 bits per heavy atom. The highest BCUT2D eigenvalue weighted by molar-refractivity contribution is 7.11. The number of benzene rings is 2. The molecule has 2 aromatic carbocycles. The van der Waals surface area contributed by atoms with Crippen molar-refractivity contribution >= 4 is 45.8 Å². The first-order valence-electron chi connectivity index (χ1n) is 11.0. The Morgan fingerprint density at radius 1 is 0.758 bits per heavy atom. The maximum atomic E-state index is 13.7. The first-order valence-corrected chi connectivity index (χ1v) is 11.9. The lowest BCUT2D eigenvalue weighted by Crippen LogP contribution is -2.47. The fourth-order valence-corrected chi connectivity index (χ4v) is 5.19. The number of piperazine rings is 1. The minimum absolute atomic E-state index is 0.243. The Morgan fingerprint density at radius 3 is 2.12 bits per heavy atom. The van der Waals surface area contributed by atoms with E-state index in [1.807, 2.05) is 79.0 Å². The number of anilines is 3. The number of carbonyl (C=O) groups is 2.